The van der Waals surface area contributed by atoms with E-state index >= 15 is 0 Å². The van der Waals surface area contributed by atoms with Crippen molar-refractivity contribution in [2.24, 2.45) is 0 Å². The van der Waals surface area contributed by atoms with Crippen LogP contribution in [0.5, 0.6) is 0 Å². The summed E-state index contributed by atoms with van der Waals surface area (Å²) in [6.07, 6.45) is 3.89. The largest absolute Gasteiger partial charge is 0.488 e. The first-order valence-corrected chi connectivity index (χ1v) is 4.40. The van der Waals surface area contributed by atoms with Gasteiger partial charge < -0.3 is 14.9 Å². The van der Waals surface area contributed by atoms with Gasteiger partial charge >= 0.3 is 7.12 Å². The second-order valence-corrected chi connectivity index (χ2v) is 3.32. The zero-order chi connectivity index (χ0) is 10.6. The molecule has 1 aromatic carbocycles. The van der Waals surface area contributed by atoms with Gasteiger partial charge in [0.05, 0.1) is 0 Å². The summed E-state index contributed by atoms with van der Waals surface area (Å²) in [5, 5.41) is 17.7. The molecule has 0 saturated carbocycles. The van der Waals surface area contributed by atoms with Gasteiger partial charge in [0.15, 0.2) is 0 Å². The molecular weight excluding hydrogens is 177 g/mol. The SMILES string of the molecule is CN(C)/C=C/c1ccc(B(O)O)cc1. The zero-order valence-corrected chi connectivity index (χ0v) is 8.38. The minimum atomic E-state index is -1.39. The quantitative estimate of drug-likeness (QED) is 0.655. The van der Waals surface area contributed by atoms with E-state index in [2.05, 4.69) is 0 Å². The monoisotopic (exact) mass is 191 g/mol. The fourth-order valence-corrected chi connectivity index (χ4v) is 1.01. The Morgan fingerprint density at radius 1 is 1.14 bits per heavy atom. The molecule has 0 atom stereocenters. The molecule has 0 aliphatic rings. The van der Waals surface area contributed by atoms with E-state index in [1.807, 2.05) is 43.4 Å². The summed E-state index contributed by atoms with van der Waals surface area (Å²) >= 11 is 0. The maximum atomic E-state index is 8.86. The van der Waals surface area contributed by atoms with E-state index < -0.39 is 7.12 Å². The van der Waals surface area contributed by atoms with E-state index in [4.69, 9.17) is 10.0 Å². The molecule has 1 rings (SSSR count). The van der Waals surface area contributed by atoms with E-state index in [1.54, 1.807) is 12.1 Å². The van der Waals surface area contributed by atoms with Crippen molar-refractivity contribution in [1.82, 2.24) is 4.90 Å². The number of nitrogens with zero attached hydrogens (tertiary/aromatic N) is 1. The average Bonchev–Trinajstić information content (AvgIpc) is 2.15. The number of hydrogen-bond acceptors (Lipinski definition) is 3. The van der Waals surface area contributed by atoms with Crippen LogP contribution in [0.3, 0.4) is 0 Å². The van der Waals surface area contributed by atoms with Crippen LogP contribution in [0.2, 0.25) is 0 Å². The van der Waals surface area contributed by atoms with Crippen molar-refractivity contribution in [2.45, 2.75) is 0 Å². The Morgan fingerprint density at radius 2 is 1.71 bits per heavy atom. The summed E-state index contributed by atoms with van der Waals surface area (Å²) in [5.41, 5.74) is 1.54. The highest BCUT2D eigenvalue weighted by Gasteiger charge is 2.08. The van der Waals surface area contributed by atoms with E-state index in [-0.39, 0.29) is 0 Å². The Labute approximate surface area is 84.4 Å². The maximum absolute atomic E-state index is 8.86. The number of rotatable bonds is 3. The molecule has 0 amide bonds. The van der Waals surface area contributed by atoms with Crippen LogP contribution >= 0.6 is 0 Å². The molecule has 4 heteroatoms. The van der Waals surface area contributed by atoms with Crippen molar-refractivity contribution in [3.63, 3.8) is 0 Å². The van der Waals surface area contributed by atoms with Crippen LogP contribution in [-0.2, 0) is 0 Å². The van der Waals surface area contributed by atoms with Gasteiger partial charge in [0.25, 0.3) is 0 Å². The molecule has 0 saturated heterocycles. The van der Waals surface area contributed by atoms with Gasteiger partial charge in [-0.3, -0.25) is 0 Å². The van der Waals surface area contributed by atoms with Gasteiger partial charge in [-0.05, 0) is 23.3 Å². The highest BCUT2D eigenvalue weighted by atomic mass is 16.4. The van der Waals surface area contributed by atoms with Gasteiger partial charge in [0.1, 0.15) is 0 Å². The van der Waals surface area contributed by atoms with Crippen molar-refractivity contribution >= 4 is 18.7 Å². The van der Waals surface area contributed by atoms with Crippen molar-refractivity contribution in [3.05, 3.63) is 36.0 Å². The van der Waals surface area contributed by atoms with Crippen LogP contribution in [0.25, 0.3) is 6.08 Å². The van der Waals surface area contributed by atoms with Crippen LogP contribution in [-0.4, -0.2) is 36.2 Å². The lowest BCUT2D eigenvalue weighted by Crippen LogP contribution is -2.29. The van der Waals surface area contributed by atoms with E-state index in [0.29, 0.717) is 5.46 Å². The van der Waals surface area contributed by atoms with Gasteiger partial charge in [-0.1, -0.05) is 24.3 Å². The van der Waals surface area contributed by atoms with Gasteiger partial charge in [-0.25, -0.2) is 0 Å². The molecule has 1 aromatic rings. The molecule has 14 heavy (non-hydrogen) atoms. The van der Waals surface area contributed by atoms with Crippen LogP contribution < -0.4 is 5.46 Å². The van der Waals surface area contributed by atoms with Crippen LogP contribution in [0.1, 0.15) is 5.56 Å². The van der Waals surface area contributed by atoms with Crippen LogP contribution in [0.15, 0.2) is 30.5 Å². The summed E-state index contributed by atoms with van der Waals surface area (Å²) in [6.45, 7) is 0. The van der Waals surface area contributed by atoms with Crippen molar-refractivity contribution in [1.29, 1.82) is 0 Å². The summed E-state index contributed by atoms with van der Waals surface area (Å²) in [7, 11) is 2.51. The Morgan fingerprint density at radius 3 is 2.14 bits per heavy atom. The van der Waals surface area contributed by atoms with E-state index in [0.717, 1.165) is 5.56 Å². The van der Waals surface area contributed by atoms with Crippen molar-refractivity contribution < 1.29 is 10.0 Å². The first-order chi connectivity index (χ1) is 6.59. The molecule has 0 bridgehead atoms. The predicted octanol–water partition coefficient (Wildman–Crippen LogP) is -0.101. The molecule has 0 aliphatic heterocycles. The summed E-state index contributed by atoms with van der Waals surface area (Å²) < 4.78 is 0. The third kappa shape index (κ3) is 3.24. The normalized spacial score (nSPS) is 10.6. The third-order valence-electron chi connectivity index (χ3n) is 1.80. The molecule has 0 unspecified atom stereocenters. The predicted molar refractivity (Wildman–Crippen MR) is 59.0 cm³/mol. The molecule has 3 nitrogen and oxygen atoms in total. The summed E-state index contributed by atoms with van der Waals surface area (Å²) in [4.78, 5) is 1.94. The highest BCUT2D eigenvalue weighted by molar-refractivity contribution is 6.58. The second kappa shape index (κ2) is 4.84. The molecular formula is C10H14BNO2. The van der Waals surface area contributed by atoms with Crippen LogP contribution in [0, 0.1) is 0 Å². The van der Waals surface area contributed by atoms with Gasteiger partial charge in [-0.2, -0.15) is 0 Å². The van der Waals surface area contributed by atoms with Crippen molar-refractivity contribution in [2.75, 3.05) is 14.1 Å². The van der Waals surface area contributed by atoms with E-state index in [9.17, 15) is 0 Å². The minimum absolute atomic E-state index is 0.506. The fraction of sp³-hybridized carbons (Fsp3) is 0.200. The molecule has 0 radical (unpaired) electrons. The Hall–Kier alpha value is -1.26. The standard InChI is InChI=1S/C10H14BNO2/c1-12(2)8-7-9-3-5-10(6-4-9)11(13)14/h3-8,13-14H,1-2H3/b8-7+. The topological polar surface area (TPSA) is 43.7 Å². The molecule has 0 spiro atoms. The third-order valence-corrected chi connectivity index (χ3v) is 1.80. The first kappa shape index (κ1) is 10.8. The number of benzene rings is 1. The molecule has 0 heterocycles. The fourth-order valence-electron chi connectivity index (χ4n) is 1.01. The number of hydrogen-bond donors (Lipinski definition) is 2. The van der Waals surface area contributed by atoms with Gasteiger partial charge in [0.2, 0.25) is 0 Å². The van der Waals surface area contributed by atoms with Crippen LogP contribution in [0.4, 0.5) is 0 Å². The lowest BCUT2D eigenvalue weighted by molar-refractivity contribution is 0.426. The average molecular weight is 191 g/mol. The van der Waals surface area contributed by atoms with Gasteiger partial charge in [-0.15, -0.1) is 0 Å². The lowest BCUT2D eigenvalue weighted by Gasteiger charge is -2.03. The molecule has 0 aromatic heterocycles. The molecule has 0 fully saturated rings. The second-order valence-electron chi connectivity index (χ2n) is 3.32. The Kier molecular flexibility index (Phi) is 3.74. The van der Waals surface area contributed by atoms with Gasteiger partial charge in [0, 0.05) is 14.1 Å². The molecule has 0 aliphatic carbocycles. The first-order valence-electron chi connectivity index (χ1n) is 4.40. The summed E-state index contributed by atoms with van der Waals surface area (Å²) in [6, 6.07) is 7.07. The molecule has 74 valence electrons. The smallest absolute Gasteiger partial charge is 0.423 e. The lowest BCUT2D eigenvalue weighted by atomic mass is 9.80. The van der Waals surface area contributed by atoms with E-state index in [1.165, 1.54) is 0 Å². The summed E-state index contributed by atoms with van der Waals surface area (Å²) in [5.74, 6) is 0. The van der Waals surface area contributed by atoms with Crippen molar-refractivity contribution in [3.8, 4) is 0 Å². The highest BCUT2D eigenvalue weighted by Crippen LogP contribution is 2.00. The molecule has 2 N–H and O–H groups in total. The minimum Gasteiger partial charge on any atom is -0.423 e. The Bertz CT molecular complexity index is 306. The maximum Gasteiger partial charge on any atom is 0.488 e. The Balaban J connectivity index is 2.73. The zero-order valence-electron chi connectivity index (χ0n) is 8.38.